The minimum atomic E-state index is -0.201. The number of aryl methyl sites for hydroxylation is 2. The molecule has 3 rings (SSSR count). The summed E-state index contributed by atoms with van der Waals surface area (Å²) in [6.07, 6.45) is 2.61. The van der Waals surface area contributed by atoms with Gasteiger partial charge in [0.15, 0.2) is 0 Å². The summed E-state index contributed by atoms with van der Waals surface area (Å²) in [6, 6.07) is 0. The number of furan rings is 2. The average Bonchev–Trinajstić information content (AvgIpc) is 2.80. The van der Waals surface area contributed by atoms with Crippen molar-refractivity contribution in [2.45, 2.75) is 13.8 Å². The average molecular weight is 216 g/mol. The molecule has 4 nitrogen and oxygen atoms in total. The molecule has 0 atom stereocenters. The topological polar surface area (TPSA) is 60.4 Å². The van der Waals surface area contributed by atoms with Crippen LogP contribution in [0.3, 0.4) is 0 Å². The summed E-state index contributed by atoms with van der Waals surface area (Å²) in [5, 5.41) is 0. The normalized spacial score (nSPS) is 13.9. The highest BCUT2D eigenvalue weighted by Crippen LogP contribution is 2.33. The highest BCUT2D eigenvalue weighted by molar-refractivity contribution is 6.29. The van der Waals surface area contributed by atoms with Gasteiger partial charge in [-0.05, 0) is 13.8 Å². The Morgan fingerprint density at radius 3 is 1.75 bits per heavy atom. The Bertz CT molecular complexity index is 576. The molecule has 0 bridgehead atoms. The summed E-state index contributed by atoms with van der Waals surface area (Å²) >= 11 is 0. The summed E-state index contributed by atoms with van der Waals surface area (Å²) in [5.41, 5.74) is 1.38. The predicted octanol–water partition coefficient (Wildman–Crippen LogP) is 2.26. The molecule has 16 heavy (non-hydrogen) atoms. The van der Waals surface area contributed by atoms with Gasteiger partial charge in [0.1, 0.15) is 24.0 Å². The van der Waals surface area contributed by atoms with Crippen molar-refractivity contribution in [2.24, 2.45) is 0 Å². The van der Waals surface area contributed by atoms with E-state index in [1.165, 1.54) is 12.5 Å². The zero-order valence-corrected chi connectivity index (χ0v) is 8.79. The van der Waals surface area contributed by atoms with Gasteiger partial charge in [-0.25, -0.2) is 0 Å². The van der Waals surface area contributed by atoms with E-state index < -0.39 is 0 Å². The van der Waals surface area contributed by atoms with E-state index in [1.54, 1.807) is 13.8 Å². The zero-order chi connectivity index (χ0) is 11.4. The molecular formula is C12H8O4. The van der Waals surface area contributed by atoms with Gasteiger partial charge in [-0.15, -0.1) is 0 Å². The van der Waals surface area contributed by atoms with Gasteiger partial charge in [-0.3, -0.25) is 9.59 Å². The zero-order valence-electron chi connectivity index (χ0n) is 8.79. The Hall–Kier alpha value is -2.10. The molecule has 0 saturated carbocycles. The third-order valence-corrected chi connectivity index (χ3v) is 2.87. The van der Waals surface area contributed by atoms with Gasteiger partial charge >= 0.3 is 0 Å². The maximum absolute atomic E-state index is 12.1. The quantitative estimate of drug-likeness (QED) is 0.578. The van der Waals surface area contributed by atoms with Crippen molar-refractivity contribution in [1.29, 1.82) is 0 Å². The van der Waals surface area contributed by atoms with Crippen LogP contribution < -0.4 is 0 Å². The summed E-state index contributed by atoms with van der Waals surface area (Å²) < 4.78 is 10.3. The molecule has 1 aliphatic rings. The second kappa shape index (κ2) is 2.72. The fraction of sp³-hybridized carbons (Fsp3) is 0.167. The lowest BCUT2D eigenvalue weighted by Crippen LogP contribution is -2.18. The van der Waals surface area contributed by atoms with Crippen molar-refractivity contribution in [3.05, 3.63) is 46.3 Å². The monoisotopic (exact) mass is 216 g/mol. The van der Waals surface area contributed by atoms with Gasteiger partial charge in [0, 0.05) is 0 Å². The van der Waals surface area contributed by atoms with Crippen LogP contribution in [-0.4, -0.2) is 11.6 Å². The van der Waals surface area contributed by atoms with Crippen LogP contribution in [0.5, 0.6) is 0 Å². The minimum Gasteiger partial charge on any atom is -0.471 e. The van der Waals surface area contributed by atoms with E-state index in [0.717, 1.165) is 0 Å². The third kappa shape index (κ3) is 0.888. The molecule has 0 saturated heterocycles. The molecule has 0 aliphatic heterocycles. The van der Waals surface area contributed by atoms with Crippen molar-refractivity contribution < 1.29 is 18.4 Å². The molecular weight excluding hydrogens is 208 g/mol. The van der Waals surface area contributed by atoms with E-state index in [0.29, 0.717) is 33.8 Å². The lowest BCUT2D eigenvalue weighted by Gasteiger charge is -2.08. The second-order valence-electron chi connectivity index (χ2n) is 3.82. The van der Waals surface area contributed by atoms with Gasteiger partial charge in [-0.1, -0.05) is 0 Å². The summed E-state index contributed by atoms with van der Waals surface area (Å²) in [7, 11) is 0. The number of carbonyl (C=O) groups is 2. The van der Waals surface area contributed by atoms with Crippen molar-refractivity contribution in [2.75, 3.05) is 0 Å². The first-order chi connectivity index (χ1) is 7.61. The Kier molecular flexibility index (Phi) is 1.56. The second-order valence-corrected chi connectivity index (χ2v) is 3.82. The molecule has 0 fully saturated rings. The molecule has 4 heteroatoms. The lowest BCUT2D eigenvalue weighted by molar-refractivity contribution is 0.0980. The fourth-order valence-electron chi connectivity index (χ4n) is 2.15. The summed E-state index contributed by atoms with van der Waals surface area (Å²) in [5.74, 6) is 0.566. The van der Waals surface area contributed by atoms with Gasteiger partial charge in [0.25, 0.3) is 0 Å². The lowest BCUT2D eigenvalue weighted by atomic mass is 9.87. The minimum absolute atomic E-state index is 0.201. The number of hydrogen-bond acceptors (Lipinski definition) is 4. The van der Waals surface area contributed by atoms with Gasteiger partial charge in [-0.2, -0.15) is 0 Å². The fourth-order valence-corrected chi connectivity index (χ4v) is 2.15. The summed E-state index contributed by atoms with van der Waals surface area (Å²) in [6.45, 7) is 3.37. The summed E-state index contributed by atoms with van der Waals surface area (Å²) in [4.78, 5) is 24.2. The predicted molar refractivity (Wildman–Crippen MR) is 53.8 cm³/mol. The van der Waals surface area contributed by atoms with Crippen LogP contribution in [0.2, 0.25) is 0 Å². The number of carbonyl (C=O) groups excluding carboxylic acids is 2. The first kappa shape index (κ1) is 9.15. The number of fused-ring (bicyclic) bond motifs is 2. The van der Waals surface area contributed by atoms with Crippen LogP contribution in [0.15, 0.2) is 21.4 Å². The van der Waals surface area contributed by atoms with E-state index in [2.05, 4.69) is 0 Å². The van der Waals surface area contributed by atoms with Gasteiger partial charge < -0.3 is 8.83 Å². The van der Waals surface area contributed by atoms with Crippen molar-refractivity contribution in [3.8, 4) is 0 Å². The first-order valence-electron chi connectivity index (χ1n) is 4.87. The third-order valence-electron chi connectivity index (χ3n) is 2.87. The molecule has 2 heterocycles. The first-order valence-corrected chi connectivity index (χ1v) is 4.87. The van der Waals surface area contributed by atoms with E-state index in [9.17, 15) is 9.59 Å². The Morgan fingerprint density at radius 2 is 1.31 bits per heavy atom. The van der Waals surface area contributed by atoms with Gasteiger partial charge in [0.05, 0.1) is 22.3 Å². The molecule has 0 spiro atoms. The Balaban J connectivity index is 2.40. The number of ketones is 2. The largest absolute Gasteiger partial charge is 0.471 e. The van der Waals surface area contributed by atoms with E-state index >= 15 is 0 Å². The number of hydrogen-bond donors (Lipinski definition) is 0. The van der Waals surface area contributed by atoms with Crippen LogP contribution in [-0.2, 0) is 0 Å². The molecule has 0 amide bonds. The molecule has 0 radical (unpaired) electrons. The van der Waals surface area contributed by atoms with E-state index in [4.69, 9.17) is 8.83 Å². The van der Waals surface area contributed by atoms with Crippen molar-refractivity contribution in [1.82, 2.24) is 0 Å². The molecule has 0 unspecified atom stereocenters. The highest BCUT2D eigenvalue weighted by Gasteiger charge is 2.36. The molecule has 0 aromatic carbocycles. The molecule has 2 aromatic heterocycles. The standard InChI is InChI=1S/C12H8O4/c1-5-9-10(6(2)16-5)12(14)8-4-15-3-7(8)11(9)13/h3-4H,1-2H3. The van der Waals surface area contributed by atoms with Crippen molar-refractivity contribution >= 4 is 11.6 Å². The van der Waals surface area contributed by atoms with Crippen LogP contribution in [0.1, 0.15) is 43.4 Å². The Labute approximate surface area is 90.9 Å². The smallest absolute Gasteiger partial charge is 0.201 e. The number of rotatable bonds is 0. The van der Waals surface area contributed by atoms with Crippen molar-refractivity contribution in [3.63, 3.8) is 0 Å². The van der Waals surface area contributed by atoms with Crippen LogP contribution in [0.25, 0.3) is 0 Å². The van der Waals surface area contributed by atoms with Crippen LogP contribution >= 0.6 is 0 Å². The maximum atomic E-state index is 12.1. The molecule has 1 aliphatic carbocycles. The SMILES string of the molecule is Cc1oc(C)c2c1C(=O)c1cocc1C2=O. The molecule has 2 aromatic rings. The Morgan fingerprint density at radius 1 is 0.875 bits per heavy atom. The van der Waals surface area contributed by atoms with Crippen LogP contribution in [0, 0.1) is 13.8 Å². The molecule has 80 valence electrons. The van der Waals surface area contributed by atoms with E-state index in [-0.39, 0.29) is 11.6 Å². The molecule has 0 N–H and O–H groups in total. The van der Waals surface area contributed by atoms with E-state index in [1.807, 2.05) is 0 Å². The van der Waals surface area contributed by atoms with Crippen LogP contribution in [0.4, 0.5) is 0 Å². The van der Waals surface area contributed by atoms with Gasteiger partial charge in [0.2, 0.25) is 11.6 Å². The maximum Gasteiger partial charge on any atom is 0.201 e. The highest BCUT2D eigenvalue weighted by atomic mass is 16.3.